The van der Waals surface area contributed by atoms with Gasteiger partial charge in [-0.3, -0.25) is 0 Å². The van der Waals surface area contributed by atoms with E-state index in [2.05, 4.69) is 15.6 Å². The van der Waals surface area contributed by atoms with Gasteiger partial charge in [-0.15, -0.1) is 0 Å². The topological polar surface area (TPSA) is 53.1 Å². The van der Waals surface area contributed by atoms with Gasteiger partial charge >= 0.3 is 0 Å². The van der Waals surface area contributed by atoms with Crippen LogP contribution >= 0.6 is 12.2 Å². The Morgan fingerprint density at radius 1 is 1.42 bits per heavy atom. The second kappa shape index (κ2) is 6.63. The molecule has 102 valence electrons. The second-order valence-corrected chi connectivity index (χ2v) is 4.89. The first-order chi connectivity index (χ1) is 9.22. The van der Waals surface area contributed by atoms with Crippen molar-refractivity contribution in [3.05, 3.63) is 30.1 Å². The highest BCUT2D eigenvalue weighted by Gasteiger charge is 2.10. The minimum atomic E-state index is 0.473. The lowest BCUT2D eigenvalue weighted by atomic mass is 10.3. The SMILES string of the molecule is CCOCCCn1c(CC(N)=S)nc2ccccc21. The van der Waals surface area contributed by atoms with Crippen LogP contribution in [0.2, 0.25) is 0 Å². The predicted octanol–water partition coefficient (Wildman–Crippen LogP) is 2.29. The molecule has 5 heteroatoms. The van der Waals surface area contributed by atoms with Crippen LogP contribution in [0.3, 0.4) is 0 Å². The molecule has 0 saturated carbocycles. The third kappa shape index (κ3) is 3.52. The molecule has 1 heterocycles. The quantitative estimate of drug-likeness (QED) is 0.623. The monoisotopic (exact) mass is 277 g/mol. The fourth-order valence-electron chi connectivity index (χ4n) is 2.13. The number of aromatic nitrogens is 2. The van der Waals surface area contributed by atoms with Crippen LogP contribution in [0.5, 0.6) is 0 Å². The van der Waals surface area contributed by atoms with Crippen molar-refractivity contribution in [2.75, 3.05) is 13.2 Å². The summed E-state index contributed by atoms with van der Waals surface area (Å²) in [5, 5.41) is 0. The number of benzene rings is 1. The number of thiocarbonyl (C=S) groups is 1. The number of aryl methyl sites for hydroxylation is 1. The predicted molar refractivity (Wildman–Crippen MR) is 81.3 cm³/mol. The van der Waals surface area contributed by atoms with Crippen LogP contribution in [0.1, 0.15) is 19.2 Å². The molecule has 0 saturated heterocycles. The first-order valence-electron chi connectivity index (χ1n) is 6.52. The van der Waals surface area contributed by atoms with Crippen LogP contribution < -0.4 is 5.73 Å². The Morgan fingerprint density at radius 3 is 2.95 bits per heavy atom. The fraction of sp³-hybridized carbons (Fsp3) is 0.429. The summed E-state index contributed by atoms with van der Waals surface area (Å²) in [5.41, 5.74) is 7.77. The first-order valence-corrected chi connectivity index (χ1v) is 6.93. The molecule has 0 radical (unpaired) electrons. The van der Waals surface area contributed by atoms with Crippen molar-refractivity contribution in [1.29, 1.82) is 0 Å². The number of para-hydroxylation sites is 2. The van der Waals surface area contributed by atoms with Gasteiger partial charge in [-0.05, 0) is 25.5 Å². The van der Waals surface area contributed by atoms with E-state index in [1.165, 1.54) is 0 Å². The fourth-order valence-corrected chi connectivity index (χ4v) is 2.26. The molecular formula is C14H19N3OS. The molecule has 0 spiro atoms. The van der Waals surface area contributed by atoms with Gasteiger partial charge in [-0.2, -0.15) is 0 Å². The van der Waals surface area contributed by atoms with Gasteiger partial charge in [0, 0.05) is 19.8 Å². The minimum absolute atomic E-state index is 0.473. The highest BCUT2D eigenvalue weighted by Crippen LogP contribution is 2.17. The van der Waals surface area contributed by atoms with Crippen molar-refractivity contribution in [1.82, 2.24) is 9.55 Å². The van der Waals surface area contributed by atoms with Crippen LogP contribution in [-0.4, -0.2) is 27.8 Å². The van der Waals surface area contributed by atoms with Crippen molar-refractivity contribution < 1.29 is 4.74 Å². The Kier molecular flexibility index (Phi) is 4.87. The molecule has 2 aromatic rings. The van der Waals surface area contributed by atoms with Gasteiger partial charge in [0.25, 0.3) is 0 Å². The number of ether oxygens (including phenoxy) is 1. The maximum atomic E-state index is 5.64. The molecule has 2 N–H and O–H groups in total. The summed E-state index contributed by atoms with van der Waals surface area (Å²) >= 11 is 5.00. The highest BCUT2D eigenvalue weighted by atomic mass is 32.1. The molecule has 0 aliphatic carbocycles. The summed E-state index contributed by atoms with van der Waals surface area (Å²) in [6.07, 6.45) is 1.50. The van der Waals surface area contributed by atoms with E-state index in [1.54, 1.807) is 0 Å². The summed E-state index contributed by atoms with van der Waals surface area (Å²) in [6, 6.07) is 8.10. The molecule has 4 nitrogen and oxygen atoms in total. The standard InChI is InChI=1S/C14H19N3OS/c1-2-18-9-5-8-17-12-7-4-3-6-11(12)16-14(17)10-13(15)19/h3-4,6-7H,2,5,8-10H2,1H3,(H2,15,19). The summed E-state index contributed by atoms with van der Waals surface area (Å²) in [4.78, 5) is 5.08. The molecule has 1 aromatic carbocycles. The zero-order valence-electron chi connectivity index (χ0n) is 11.1. The number of rotatable bonds is 7. The Balaban J connectivity index is 2.23. The third-order valence-electron chi connectivity index (χ3n) is 2.94. The molecule has 0 aliphatic rings. The molecule has 0 unspecified atom stereocenters. The molecule has 0 bridgehead atoms. The van der Waals surface area contributed by atoms with Gasteiger partial charge in [0.05, 0.1) is 22.4 Å². The van der Waals surface area contributed by atoms with E-state index in [0.717, 1.165) is 43.0 Å². The van der Waals surface area contributed by atoms with E-state index < -0.39 is 0 Å². The van der Waals surface area contributed by atoms with Crippen LogP contribution in [0, 0.1) is 0 Å². The number of nitrogens with zero attached hydrogens (tertiary/aromatic N) is 2. The van der Waals surface area contributed by atoms with Crippen LogP contribution in [0.4, 0.5) is 0 Å². The molecule has 0 aliphatic heterocycles. The number of hydrogen-bond acceptors (Lipinski definition) is 3. The lowest BCUT2D eigenvalue weighted by Gasteiger charge is -2.08. The van der Waals surface area contributed by atoms with E-state index in [4.69, 9.17) is 22.7 Å². The average Bonchev–Trinajstić information content (AvgIpc) is 2.72. The van der Waals surface area contributed by atoms with Crippen LogP contribution in [0.15, 0.2) is 24.3 Å². The highest BCUT2D eigenvalue weighted by molar-refractivity contribution is 7.80. The third-order valence-corrected chi connectivity index (χ3v) is 3.08. The lowest BCUT2D eigenvalue weighted by Crippen LogP contribution is -2.16. The number of fused-ring (bicyclic) bond motifs is 1. The van der Waals surface area contributed by atoms with Crippen LogP contribution in [-0.2, 0) is 17.7 Å². The van der Waals surface area contributed by atoms with Crippen molar-refractivity contribution >= 4 is 28.2 Å². The van der Waals surface area contributed by atoms with Crippen LogP contribution in [0.25, 0.3) is 11.0 Å². The maximum Gasteiger partial charge on any atom is 0.116 e. The van der Waals surface area contributed by atoms with Crippen molar-refractivity contribution in [2.45, 2.75) is 26.3 Å². The van der Waals surface area contributed by atoms with E-state index in [-0.39, 0.29) is 0 Å². The van der Waals surface area contributed by atoms with Crippen molar-refractivity contribution in [2.24, 2.45) is 5.73 Å². The summed E-state index contributed by atoms with van der Waals surface area (Å²) in [6.45, 7) is 4.39. The smallest absolute Gasteiger partial charge is 0.116 e. The zero-order chi connectivity index (χ0) is 13.7. The van der Waals surface area contributed by atoms with Gasteiger partial charge in [0.15, 0.2) is 0 Å². The van der Waals surface area contributed by atoms with E-state index in [1.807, 2.05) is 25.1 Å². The van der Waals surface area contributed by atoms with E-state index in [9.17, 15) is 0 Å². The molecule has 0 amide bonds. The Bertz CT molecular complexity index is 565. The summed E-state index contributed by atoms with van der Waals surface area (Å²) < 4.78 is 7.57. The lowest BCUT2D eigenvalue weighted by molar-refractivity contribution is 0.142. The largest absolute Gasteiger partial charge is 0.393 e. The summed E-state index contributed by atoms with van der Waals surface area (Å²) in [7, 11) is 0. The summed E-state index contributed by atoms with van der Waals surface area (Å²) in [5.74, 6) is 0.935. The number of hydrogen-bond donors (Lipinski definition) is 1. The van der Waals surface area contributed by atoms with E-state index in [0.29, 0.717) is 11.4 Å². The first kappa shape index (κ1) is 14.0. The molecule has 1 aromatic heterocycles. The Morgan fingerprint density at radius 2 is 2.21 bits per heavy atom. The number of imidazole rings is 1. The van der Waals surface area contributed by atoms with Gasteiger partial charge in [0.1, 0.15) is 5.82 Å². The molecule has 0 atom stereocenters. The Labute approximate surface area is 118 Å². The molecule has 19 heavy (non-hydrogen) atoms. The van der Waals surface area contributed by atoms with E-state index >= 15 is 0 Å². The van der Waals surface area contributed by atoms with Crippen molar-refractivity contribution in [3.63, 3.8) is 0 Å². The molecule has 0 fully saturated rings. The van der Waals surface area contributed by atoms with Gasteiger partial charge in [0.2, 0.25) is 0 Å². The van der Waals surface area contributed by atoms with Gasteiger partial charge < -0.3 is 15.0 Å². The maximum absolute atomic E-state index is 5.64. The molecule has 2 rings (SSSR count). The second-order valence-electron chi connectivity index (χ2n) is 4.36. The van der Waals surface area contributed by atoms with Gasteiger partial charge in [-0.1, -0.05) is 24.4 Å². The van der Waals surface area contributed by atoms with Gasteiger partial charge in [-0.25, -0.2) is 4.98 Å². The zero-order valence-corrected chi connectivity index (χ0v) is 11.9. The Hall–Kier alpha value is -1.46. The normalized spacial score (nSPS) is 11.0. The van der Waals surface area contributed by atoms with Crippen molar-refractivity contribution in [3.8, 4) is 0 Å². The number of nitrogens with two attached hydrogens (primary N) is 1. The molecular weight excluding hydrogens is 258 g/mol. The minimum Gasteiger partial charge on any atom is -0.393 e. The average molecular weight is 277 g/mol.